The van der Waals surface area contributed by atoms with E-state index in [1.165, 1.54) is 36.4 Å². The summed E-state index contributed by atoms with van der Waals surface area (Å²) in [5.41, 5.74) is 0.233. The smallest absolute Gasteiger partial charge is 0.406 e. The van der Waals surface area contributed by atoms with Gasteiger partial charge in [0.05, 0.1) is 5.56 Å². The van der Waals surface area contributed by atoms with Crippen molar-refractivity contribution in [3.63, 3.8) is 0 Å². The van der Waals surface area contributed by atoms with Crippen molar-refractivity contribution < 1.29 is 27.1 Å². The van der Waals surface area contributed by atoms with Crippen molar-refractivity contribution in [1.82, 2.24) is 0 Å². The fraction of sp³-hybridized carbons (Fsp3) is 0.176. The van der Waals surface area contributed by atoms with E-state index in [4.69, 9.17) is 5.26 Å². The number of ether oxygens (including phenoxy) is 1. The predicted octanol–water partition coefficient (Wildman–Crippen LogP) is 4.17. The lowest BCUT2D eigenvalue weighted by molar-refractivity contribution is -0.274. The third-order valence-corrected chi connectivity index (χ3v) is 3.19. The Labute approximate surface area is 140 Å². The summed E-state index contributed by atoms with van der Waals surface area (Å²) in [7, 11) is 0. The standard InChI is InChI=1S/C17H12F4N2O2/c18-14-7-6-13(9-12(14)10-22)23-16(24)8-5-11-3-1-2-4-15(11)25-17(19,20)21/h1-4,6-7,9H,5,8H2,(H,23,24). The van der Waals surface area contributed by atoms with Gasteiger partial charge in [0.15, 0.2) is 0 Å². The van der Waals surface area contributed by atoms with Crippen molar-refractivity contribution in [1.29, 1.82) is 5.26 Å². The highest BCUT2D eigenvalue weighted by Crippen LogP contribution is 2.27. The molecular weight excluding hydrogens is 340 g/mol. The van der Waals surface area contributed by atoms with Gasteiger partial charge in [-0.15, -0.1) is 13.2 Å². The number of hydrogen-bond acceptors (Lipinski definition) is 3. The second-order valence-corrected chi connectivity index (χ2v) is 5.01. The fourth-order valence-corrected chi connectivity index (χ4v) is 2.10. The number of aryl methyl sites for hydroxylation is 1. The maximum absolute atomic E-state index is 13.2. The number of nitrogens with zero attached hydrogens (tertiary/aromatic N) is 1. The van der Waals surface area contributed by atoms with E-state index in [0.717, 1.165) is 6.07 Å². The van der Waals surface area contributed by atoms with Crippen LogP contribution in [0.1, 0.15) is 17.5 Å². The molecule has 0 saturated heterocycles. The van der Waals surface area contributed by atoms with Crippen molar-refractivity contribution in [2.45, 2.75) is 19.2 Å². The number of hydrogen-bond donors (Lipinski definition) is 1. The molecule has 0 spiro atoms. The highest BCUT2D eigenvalue weighted by atomic mass is 19.4. The van der Waals surface area contributed by atoms with Gasteiger partial charge in [-0.3, -0.25) is 4.79 Å². The molecule has 8 heteroatoms. The Bertz CT molecular complexity index is 813. The molecular formula is C17H12F4N2O2. The first-order valence-electron chi connectivity index (χ1n) is 7.11. The van der Waals surface area contributed by atoms with E-state index in [1.54, 1.807) is 6.07 Å². The van der Waals surface area contributed by atoms with Crippen molar-refractivity contribution in [2.24, 2.45) is 0 Å². The fourth-order valence-electron chi connectivity index (χ4n) is 2.10. The minimum absolute atomic E-state index is 0.0182. The van der Waals surface area contributed by atoms with Crippen LogP contribution in [-0.4, -0.2) is 12.3 Å². The molecule has 0 saturated carbocycles. The highest BCUT2D eigenvalue weighted by molar-refractivity contribution is 5.91. The van der Waals surface area contributed by atoms with Crippen LogP contribution >= 0.6 is 0 Å². The van der Waals surface area contributed by atoms with Gasteiger partial charge in [0.2, 0.25) is 5.91 Å². The number of nitrogens with one attached hydrogen (secondary N) is 1. The van der Waals surface area contributed by atoms with Crippen molar-refractivity contribution in [3.05, 3.63) is 59.4 Å². The second-order valence-electron chi connectivity index (χ2n) is 5.01. The van der Waals surface area contributed by atoms with E-state index < -0.39 is 18.1 Å². The van der Waals surface area contributed by atoms with Crippen LogP contribution in [0.15, 0.2) is 42.5 Å². The number of carbonyl (C=O) groups is 1. The second kappa shape index (κ2) is 7.66. The summed E-state index contributed by atoms with van der Waals surface area (Å²) in [6, 6.07) is 10.7. The Balaban J connectivity index is 2.00. The van der Waals surface area contributed by atoms with Crippen LogP contribution in [-0.2, 0) is 11.2 Å². The average molecular weight is 352 g/mol. The van der Waals surface area contributed by atoms with Crippen LogP contribution in [0.25, 0.3) is 0 Å². The third kappa shape index (κ3) is 5.49. The molecule has 1 N–H and O–H groups in total. The molecule has 0 bridgehead atoms. The lowest BCUT2D eigenvalue weighted by atomic mass is 10.1. The summed E-state index contributed by atoms with van der Waals surface area (Å²) >= 11 is 0. The topological polar surface area (TPSA) is 62.1 Å². The molecule has 0 heterocycles. The number of amides is 1. The highest BCUT2D eigenvalue weighted by Gasteiger charge is 2.31. The van der Waals surface area contributed by atoms with Gasteiger partial charge in [-0.25, -0.2) is 4.39 Å². The summed E-state index contributed by atoms with van der Waals surface area (Å²) < 4.78 is 54.2. The Morgan fingerprint density at radius 3 is 2.60 bits per heavy atom. The maximum atomic E-state index is 13.2. The molecule has 25 heavy (non-hydrogen) atoms. The van der Waals surface area contributed by atoms with Crippen molar-refractivity contribution in [3.8, 4) is 11.8 Å². The molecule has 0 aliphatic heterocycles. The Kier molecular flexibility index (Phi) is 5.60. The van der Waals surface area contributed by atoms with E-state index in [0.29, 0.717) is 0 Å². The molecule has 130 valence electrons. The number of nitriles is 1. The van der Waals surface area contributed by atoms with Gasteiger partial charge < -0.3 is 10.1 Å². The van der Waals surface area contributed by atoms with Gasteiger partial charge in [0.1, 0.15) is 17.6 Å². The summed E-state index contributed by atoms with van der Waals surface area (Å²) in [6.45, 7) is 0. The van der Waals surface area contributed by atoms with Gasteiger partial charge in [0.25, 0.3) is 0 Å². The Hall–Kier alpha value is -3.08. The van der Waals surface area contributed by atoms with Crippen molar-refractivity contribution in [2.75, 3.05) is 5.32 Å². The number of para-hydroxylation sites is 1. The lowest BCUT2D eigenvalue weighted by Crippen LogP contribution is -2.18. The number of rotatable bonds is 5. The number of anilines is 1. The molecule has 0 unspecified atom stereocenters. The van der Waals surface area contributed by atoms with Crippen LogP contribution < -0.4 is 10.1 Å². The van der Waals surface area contributed by atoms with Crippen LogP contribution in [0.3, 0.4) is 0 Å². The van der Waals surface area contributed by atoms with Gasteiger partial charge in [-0.2, -0.15) is 5.26 Å². The third-order valence-electron chi connectivity index (χ3n) is 3.19. The first-order valence-corrected chi connectivity index (χ1v) is 7.11. The van der Waals surface area contributed by atoms with E-state index in [2.05, 4.69) is 10.1 Å². The molecule has 0 aromatic heterocycles. The number of carbonyl (C=O) groups excluding carboxylic acids is 1. The summed E-state index contributed by atoms with van der Waals surface area (Å²) in [4.78, 5) is 11.9. The molecule has 1 amide bonds. The molecule has 2 aromatic rings. The van der Waals surface area contributed by atoms with E-state index in [1.807, 2.05) is 0 Å². The van der Waals surface area contributed by atoms with Gasteiger partial charge in [0, 0.05) is 12.1 Å². The quantitative estimate of drug-likeness (QED) is 0.822. The molecule has 0 aliphatic rings. The minimum Gasteiger partial charge on any atom is -0.406 e. The minimum atomic E-state index is -4.82. The number of benzene rings is 2. The number of halogens is 4. The summed E-state index contributed by atoms with van der Waals surface area (Å²) in [5.74, 6) is -1.56. The Morgan fingerprint density at radius 2 is 1.92 bits per heavy atom. The molecule has 0 fully saturated rings. The zero-order valence-corrected chi connectivity index (χ0v) is 12.7. The molecule has 4 nitrogen and oxygen atoms in total. The summed E-state index contributed by atoms with van der Waals surface area (Å²) in [5, 5.41) is 11.2. The molecule has 2 aromatic carbocycles. The predicted molar refractivity (Wildman–Crippen MR) is 81.2 cm³/mol. The van der Waals surface area contributed by atoms with Crippen LogP contribution in [0, 0.1) is 17.1 Å². The monoisotopic (exact) mass is 352 g/mol. The van der Waals surface area contributed by atoms with Gasteiger partial charge in [-0.05, 0) is 36.2 Å². The average Bonchev–Trinajstić information content (AvgIpc) is 2.54. The van der Waals surface area contributed by atoms with Gasteiger partial charge in [-0.1, -0.05) is 18.2 Å². The zero-order chi connectivity index (χ0) is 18.4. The van der Waals surface area contributed by atoms with Crippen LogP contribution in [0.4, 0.5) is 23.2 Å². The van der Waals surface area contributed by atoms with Crippen molar-refractivity contribution >= 4 is 11.6 Å². The van der Waals surface area contributed by atoms with Gasteiger partial charge >= 0.3 is 6.36 Å². The SMILES string of the molecule is N#Cc1cc(NC(=O)CCc2ccccc2OC(F)(F)F)ccc1F. The zero-order valence-electron chi connectivity index (χ0n) is 12.7. The van der Waals surface area contributed by atoms with E-state index in [9.17, 15) is 22.4 Å². The molecule has 0 atom stereocenters. The molecule has 2 rings (SSSR count). The Morgan fingerprint density at radius 1 is 1.20 bits per heavy atom. The molecule has 0 aliphatic carbocycles. The first kappa shape index (κ1) is 18.3. The van der Waals surface area contributed by atoms with Crippen LogP contribution in [0.2, 0.25) is 0 Å². The number of alkyl halides is 3. The summed E-state index contributed by atoms with van der Waals surface area (Å²) in [6.07, 6.45) is -4.91. The normalized spacial score (nSPS) is 10.8. The molecule has 0 radical (unpaired) electrons. The first-order chi connectivity index (χ1) is 11.8. The largest absolute Gasteiger partial charge is 0.573 e. The van der Waals surface area contributed by atoms with Crippen LogP contribution in [0.5, 0.6) is 5.75 Å². The van der Waals surface area contributed by atoms with E-state index >= 15 is 0 Å². The lowest BCUT2D eigenvalue weighted by Gasteiger charge is -2.13. The van der Waals surface area contributed by atoms with E-state index in [-0.39, 0.29) is 35.4 Å². The maximum Gasteiger partial charge on any atom is 0.573 e.